The van der Waals surface area contributed by atoms with Gasteiger partial charge >= 0.3 is 0 Å². The molecule has 8 heteroatoms. The summed E-state index contributed by atoms with van der Waals surface area (Å²) in [6.07, 6.45) is 4.16. The molecule has 1 aliphatic heterocycles. The molecule has 1 fully saturated rings. The average Bonchev–Trinajstić information content (AvgIpc) is 3.33. The first-order valence-electron chi connectivity index (χ1n) is 13.4. The first-order valence-corrected chi connectivity index (χ1v) is 13.4. The van der Waals surface area contributed by atoms with Crippen LogP contribution in [0.4, 0.5) is 0 Å². The topological polar surface area (TPSA) is 100 Å². The standard InChI is InChI=1S/C29H42N2O6/c1-3-4-5-6-18-36-25-9-7-22(8-10-25)29(34)27(21-31-17-15-23(32)20-31)30-28(33)16-19-37-26-13-11-24(35-2)12-14-26/h7-14,23,27,29,32,34H,3-6,15-21H2,1-2H3,(H,30,33)/t23?,27-,29-/m1/s1. The van der Waals surface area contributed by atoms with E-state index < -0.39 is 12.1 Å². The number of rotatable bonds is 16. The molecule has 0 spiro atoms. The van der Waals surface area contributed by atoms with E-state index in [0.717, 1.165) is 30.9 Å². The minimum atomic E-state index is -0.900. The highest BCUT2D eigenvalue weighted by Gasteiger charge is 2.29. The van der Waals surface area contributed by atoms with Gasteiger partial charge in [0.2, 0.25) is 5.91 Å². The lowest BCUT2D eigenvalue weighted by Gasteiger charge is -2.29. The van der Waals surface area contributed by atoms with Crippen LogP contribution in [-0.4, -0.2) is 73.1 Å². The van der Waals surface area contributed by atoms with Gasteiger partial charge in [-0.2, -0.15) is 0 Å². The van der Waals surface area contributed by atoms with E-state index >= 15 is 0 Å². The van der Waals surface area contributed by atoms with Gasteiger partial charge in [0.1, 0.15) is 23.4 Å². The number of hydrogen-bond donors (Lipinski definition) is 3. The number of nitrogens with one attached hydrogen (secondary N) is 1. The largest absolute Gasteiger partial charge is 0.497 e. The molecule has 2 aromatic rings. The van der Waals surface area contributed by atoms with Crippen LogP contribution >= 0.6 is 0 Å². The van der Waals surface area contributed by atoms with E-state index in [0.29, 0.717) is 37.4 Å². The van der Waals surface area contributed by atoms with Gasteiger partial charge in [-0.25, -0.2) is 0 Å². The Hall–Kier alpha value is -2.81. The fourth-order valence-electron chi connectivity index (χ4n) is 4.41. The summed E-state index contributed by atoms with van der Waals surface area (Å²) in [6.45, 7) is 4.78. The number of aliphatic hydroxyl groups is 2. The van der Waals surface area contributed by atoms with Gasteiger partial charge in [0, 0.05) is 19.6 Å². The maximum absolute atomic E-state index is 12.8. The van der Waals surface area contributed by atoms with Gasteiger partial charge in [0.05, 0.1) is 38.9 Å². The van der Waals surface area contributed by atoms with Crippen LogP contribution in [0.3, 0.4) is 0 Å². The molecule has 0 bridgehead atoms. The van der Waals surface area contributed by atoms with Crippen molar-refractivity contribution in [2.45, 2.75) is 63.7 Å². The third-order valence-electron chi connectivity index (χ3n) is 6.58. The molecule has 1 heterocycles. The highest BCUT2D eigenvalue weighted by atomic mass is 16.5. The van der Waals surface area contributed by atoms with E-state index in [1.165, 1.54) is 12.8 Å². The predicted octanol–water partition coefficient (Wildman–Crippen LogP) is 3.71. The third-order valence-corrected chi connectivity index (χ3v) is 6.58. The second kappa shape index (κ2) is 15.4. The molecule has 1 amide bonds. The summed E-state index contributed by atoms with van der Waals surface area (Å²) in [6, 6.07) is 14.1. The molecule has 1 saturated heterocycles. The van der Waals surface area contributed by atoms with Crippen molar-refractivity contribution in [2.75, 3.05) is 40.0 Å². The van der Waals surface area contributed by atoms with E-state index in [1.807, 2.05) is 24.3 Å². The van der Waals surface area contributed by atoms with E-state index in [4.69, 9.17) is 14.2 Å². The molecular formula is C29H42N2O6. The number of carbonyl (C=O) groups is 1. The molecular weight excluding hydrogens is 472 g/mol. The summed E-state index contributed by atoms with van der Waals surface area (Å²) < 4.78 is 16.6. The number of ether oxygens (including phenoxy) is 3. The molecule has 0 aliphatic carbocycles. The van der Waals surface area contributed by atoms with Crippen molar-refractivity contribution < 1.29 is 29.2 Å². The van der Waals surface area contributed by atoms with Crippen LogP contribution in [0.2, 0.25) is 0 Å². The monoisotopic (exact) mass is 514 g/mol. The lowest BCUT2D eigenvalue weighted by molar-refractivity contribution is -0.123. The molecule has 37 heavy (non-hydrogen) atoms. The zero-order valence-electron chi connectivity index (χ0n) is 22.1. The number of β-amino-alcohol motifs (C(OH)–C–C–N with tert-alkyl or cyclic N) is 1. The van der Waals surface area contributed by atoms with Crippen molar-refractivity contribution in [3.05, 3.63) is 54.1 Å². The molecule has 204 valence electrons. The first kappa shape index (κ1) is 28.8. The maximum atomic E-state index is 12.8. The molecule has 1 unspecified atom stereocenters. The van der Waals surface area contributed by atoms with Crippen LogP contribution in [0.25, 0.3) is 0 Å². The summed E-state index contributed by atoms with van der Waals surface area (Å²) in [5.41, 5.74) is 0.706. The summed E-state index contributed by atoms with van der Waals surface area (Å²) in [7, 11) is 1.60. The summed E-state index contributed by atoms with van der Waals surface area (Å²) >= 11 is 0. The molecule has 1 aliphatic rings. The second-order valence-corrected chi connectivity index (χ2v) is 9.57. The molecule has 3 atom stereocenters. The molecule has 3 N–H and O–H groups in total. The lowest BCUT2D eigenvalue weighted by Crippen LogP contribution is -2.47. The quantitative estimate of drug-likeness (QED) is 0.294. The molecule has 0 radical (unpaired) electrons. The normalized spacial score (nSPS) is 17.2. The zero-order valence-corrected chi connectivity index (χ0v) is 22.1. The maximum Gasteiger partial charge on any atom is 0.223 e. The summed E-state index contributed by atoms with van der Waals surface area (Å²) in [5, 5.41) is 24.1. The lowest BCUT2D eigenvalue weighted by atomic mass is 10.0. The Balaban J connectivity index is 1.54. The van der Waals surface area contributed by atoms with E-state index in [-0.39, 0.29) is 25.0 Å². The Morgan fingerprint density at radius 2 is 1.65 bits per heavy atom. The molecule has 0 aromatic heterocycles. The van der Waals surface area contributed by atoms with Crippen LogP contribution < -0.4 is 19.5 Å². The molecule has 0 saturated carbocycles. The van der Waals surface area contributed by atoms with Gasteiger partial charge in [0.25, 0.3) is 0 Å². The van der Waals surface area contributed by atoms with Crippen LogP contribution in [0.5, 0.6) is 17.2 Å². The number of carbonyl (C=O) groups excluding carboxylic acids is 1. The van der Waals surface area contributed by atoms with E-state index in [1.54, 1.807) is 31.4 Å². The summed E-state index contributed by atoms with van der Waals surface area (Å²) in [5.74, 6) is 1.96. The fourth-order valence-corrected chi connectivity index (χ4v) is 4.41. The number of aliphatic hydroxyl groups excluding tert-OH is 2. The Morgan fingerprint density at radius 1 is 1.00 bits per heavy atom. The van der Waals surface area contributed by atoms with Gasteiger partial charge in [-0.3, -0.25) is 9.69 Å². The number of methoxy groups -OCH3 is 1. The van der Waals surface area contributed by atoms with Crippen molar-refractivity contribution in [1.82, 2.24) is 10.2 Å². The van der Waals surface area contributed by atoms with Crippen LogP contribution in [0, 0.1) is 0 Å². The minimum Gasteiger partial charge on any atom is -0.497 e. The average molecular weight is 515 g/mol. The van der Waals surface area contributed by atoms with Crippen molar-refractivity contribution in [3.8, 4) is 17.2 Å². The predicted molar refractivity (Wildman–Crippen MR) is 143 cm³/mol. The van der Waals surface area contributed by atoms with Crippen LogP contribution in [0.1, 0.15) is 57.1 Å². The Labute approximate surface area is 220 Å². The molecule has 3 rings (SSSR count). The van der Waals surface area contributed by atoms with Crippen molar-refractivity contribution >= 4 is 5.91 Å². The molecule has 8 nitrogen and oxygen atoms in total. The smallest absolute Gasteiger partial charge is 0.223 e. The number of nitrogens with zero attached hydrogens (tertiary/aromatic N) is 1. The van der Waals surface area contributed by atoms with E-state index in [9.17, 15) is 15.0 Å². The van der Waals surface area contributed by atoms with Crippen LogP contribution in [-0.2, 0) is 4.79 Å². The SMILES string of the molecule is CCCCCCOc1ccc([C@@H](O)[C@@H](CN2CCC(O)C2)NC(=O)CCOc2ccc(OC)cc2)cc1. The number of hydrogen-bond acceptors (Lipinski definition) is 7. The number of likely N-dealkylation sites (tertiary alicyclic amines) is 1. The highest BCUT2D eigenvalue weighted by Crippen LogP contribution is 2.23. The fraction of sp³-hybridized carbons (Fsp3) is 0.552. The second-order valence-electron chi connectivity index (χ2n) is 9.57. The van der Waals surface area contributed by atoms with Gasteiger partial charge < -0.3 is 29.7 Å². The highest BCUT2D eigenvalue weighted by molar-refractivity contribution is 5.76. The van der Waals surface area contributed by atoms with Crippen molar-refractivity contribution in [1.29, 1.82) is 0 Å². The molecule has 2 aromatic carbocycles. The Kier molecular flexibility index (Phi) is 12.0. The van der Waals surface area contributed by atoms with Crippen molar-refractivity contribution in [2.24, 2.45) is 0 Å². The number of unbranched alkanes of at least 4 members (excludes halogenated alkanes) is 3. The van der Waals surface area contributed by atoms with Crippen molar-refractivity contribution in [3.63, 3.8) is 0 Å². The van der Waals surface area contributed by atoms with E-state index in [2.05, 4.69) is 17.1 Å². The first-order chi connectivity index (χ1) is 18.0. The number of amides is 1. The van der Waals surface area contributed by atoms with Gasteiger partial charge in [0.15, 0.2) is 0 Å². The third kappa shape index (κ3) is 9.87. The van der Waals surface area contributed by atoms with Crippen LogP contribution in [0.15, 0.2) is 48.5 Å². The minimum absolute atomic E-state index is 0.155. The number of benzene rings is 2. The summed E-state index contributed by atoms with van der Waals surface area (Å²) in [4.78, 5) is 14.8. The van der Waals surface area contributed by atoms with Gasteiger partial charge in [-0.1, -0.05) is 38.3 Å². The van der Waals surface area contributed by atoms with Gasteiger partial charge in [-0.15, -0.1) is 0 Å². The zero-order chi connectivity index (χ0) is 26.5. The Bertz CT molecular complexity index is 921. The van der Waals surface area contributed by atoms with Gasteiger partial charge in [-0.05, 0) is 54.8 Å². The Morgan fingerprint density at radius 3 is 2.27 bits per heavy atom.